The number of anilines is 2. The molecule has 34 heavy (non-hydrogen) atoms. The van der Waals surface area contributed by atoms with E-state index in [1.807, 2.05) is 26.0 Å². The molecule has 0 radical (unpaired) electrons. The highest BCUT2D eigenvalue weighted by molar-refractivity contribution is 9.10. The van der Waals surface area contributed by atoms with Crippen molar-refractivity contribution in [2.75, 3.05) is 16.1 Å². The van der Waals surface area contributed by atoms with Crippen LogP contribution in [-0.2, 0) is 9.59 Å². The van der Waals surface area contributed by atoms with Gasteiger partial charge in [-0.25, -0.2) is 4.68 Å². The van der Waals surface area contributed by atoms with Crippen LogP contribution in [-0.4, -0.2) is 22.4 Å². The van der Waals surface area contributed by atoms with Crippen LogP contribution in [0.1, 0.15) is 21.6 Å². The molecule has 0 aliphatic carbocycles. The molecule has 0 atom stereocenters. The predicted octanol–water partition coefficient (Wildman–Crippen LogP) is 5.64. The Bertz CT molecular complexity index is 1430. The smallest absolute Gasteiger partial charge is 0.321 e. The van der Waals surface area contributed by atoms with Gasteiger partial charge in [0.1, 0.15) is 5.69 Å². The molecule has 3 amide bonds. The first kappa shape index (κ1) is 23.5. The zero-order valence-corrected chi connectivity index (χ0v) is 20.6. The van der Waals surface area contributed by atoms with Gasteiger partial charge in [-0.05, 0) is 79.6 Å². The van der Waals surface area contributed by atoms with Crippen molar-refractivity contribution in [2.24, 2.45) is 0 Å². The summed E-state index contributed by atoms with van der Waals surface area (Å²) in [5, 5.41) is 6.52. The molecule has 0 bridgehead atoms. The number of halogens is 2. The van der Waals surface area contributed by atoms with Gasteiger partial charge in [0, 0.05) is 26.3 Å². The van der Waals surface area contributed by atoms with E-state index in [4.69, 9.17) is 11.6 Å². The normalized spacial score (nSPS) is 10.7. The van der Waals surface area contributed by atoms with Gasteiger partial charge in [0.15, 0.2) is 0 Å². The van der Waals surface area contributed by atoms with Gasteiger partial charge in [0.05, 0.1) is 5.52 Å². The van der Waals surface area contributed by atoms with E-state index in [9.17, 15) is 14.4 Å². The first-order chi connectivity index (χ1) is 16.2. The fraction of sp³-hybridized carbons (Fsp3) is 0.0800. The molecule has 4 rings (SSSR count). The lowest BCUT2D eigenvalue weighted by molar-refractivity contribution is -0.133. The summed E-state index contributed by atoms with van der Waals surface area (Å²) in [6.07, 6.45) is 0. The first-order valence-electron chi connectivity index (χ1n) is 10.3. The molecule has 0 saturated heterocycles. The number of aromatic nitrogens is 1. The van der Waals surface area contributed by atoms with E-state index < -0.39 is 17.7 Å². The Morgan fingerprint density at radius 2 is 1.59 bits per heavy atom. The molecule has 4 aromatic rings. The van der Waals surface area contributed by atoms with Gasteiger partial charge in [-0.3, -0.25) is 19.8 Å². The third kappa shape index (κ3) is 5.13. The number of hydrogen-bond acceptors (Lipinski definition) is 3. The molecular weight excluding hydrogens is 520 g/mol. The summed E-state index contributed by atoms with van der Waals surface area (Å²) >= 11 is 9.47. The Balaban J connectivity index is 1.63. The van der Waals surface area contributed by atoms with Crippen LogP contribution in [0, 0.1) is 13.8 Å². The minimum Gasteiger partial charge on any atom is -0.321 e. The lowest BCUT2D eigenvalue weighted by Gasteiger charge is -2.13. The zero-order chi connectivity index (χ0) is 24.4. The molecule has 7 nitrogen and oxygen atoms in total. The second kappa shape index (κ2) is 9.70. The van der Waals surface area contributed by atoms with Crippen LogP contribution < -0.4 is 16.1 Å². The molecular formula is C25H20BrClN4O3. The van der Waals surface area contributed by atoms with Gasteiger partial charge in [0.25, 0.3) is 5.91 Å². The third-order valence-electron chi connectivity index (χ3n) is 5.16. The van der Waals surface area contributed by atoms with E-state index in [2.05, 4.69) is 32.0 Å². The standard InChI is InChI=1S/C25H20BrClN4O3/c1-14-3-4-15(2)20(11-14)29-24(33)25(34)30-31-21-10-7-18(27)12-16(21)13-22(31)23(32)28-19-8-5-17(26)6-9-19/h3-13H,1-2H3,(H,28,32)(H,29,33)(H,30,34). The number of amides is 3. The number of fused-ring (bicyclic) bond motifs is 1. The zero-order valence-electron chi connectivity index (χ0n) is 18.3. The van der Waals surface area contributed by atoms with Crippen LogP contribution in [0.2, 0.25) is 5.02 Å². The molecule has 172 valence electrons. The van der Waals surface area contributed by atoms with Gasteiger partial charge in [-0.2, -0.15) is 0 Å². The minimum atomic E-state index is -0.925. The van der Waals surface area contributed by atoms with Crippen molar-refractivity contribution >= 4 is 67.5 Å². The highest BCUT2D eigenvalue weighted by Gasteiger charge is 2.21. The van der Waals surface area contributed by atoms with Gasteiger partial charge in [-0.1, -0.05) is 39.7 Å². The predicted molar refractivity (Wildman–Crippen MR) is 138 cm³/mol. The minimum absolute atomic E-state index is 0.132. The van der Waals surface area contributed by atoms with Crippen LogP contribution in [0.3, 0.4) is 0 Å². The molecule has 3 N–H and O–H groups in total. The molecule has 1 heterocycles. The summed E-state index contributed by atoms with van der Waals surface area (Å²) in [5.41, 5.74) is 6.06. The lowest BCUT2D eigenvalue weighted by Crippen LogP contribution is -2.36. The number of carbonyl (C=O) groups excluding carboxylic acids is 3. The van der Waals surface area contributed by atoms with Crippen molar-refractivity contribution in [3.63, 3.8) is 0 Å². The van der Waals surface area contributed by atoms with Gasteiger partial charge < -0.3 is 10.6 Å². The van der Waals surface area contributed by atoms with Gasteiger partial charge >= 0.3 is 11.8 Å². The van der Waals surface area contributed by atoms with Gasteiger partial charge in [-0.15, -0.1) is 0 Å². The molecule has 0 saturated carbocycles. The van der Waals surface area contributed by atoms with E-state index in [0.29, 0.717) is 27.3 Å². The second-order valence-corrected chi connectivity index (χ2v) is 9.09. The van der Waals surface area contributed by atoms with Crippen LogP contribution in [0.5, 0.6) is 0 Å². The van der Waals surface area contributed by atoms with Crippen molar-refractivity contribution in [1.82, 2.24) is 4.68 Å². The van der Waals surface area contributed by atoms with E-state index in [1.54, 1.807) is 54.6 Å². The van der Waals surface area contributed by atoms with Crippen molar-refractivity contribution < 1.29 is 14.4 Å². The van der Waals surface area contributed by atoms with Crippen molar-refractivity contribution in [1.29, 1.82) is 0 Å². The van der Waals surface area contributed by atoms with Gasteiger partial charge in [0.2, 0.25) is 0 Å². The van der Waals surface area contributed by atoms with E-state index in [1.165, 1.54) is 4.68 Å². The third-order valence-corrected chi connectivity index (χ3v) is 5.92. The topological polar surface area (TPSA) is 92.2 Å². The Kier molecular flexibility index (Phi) is 6.72. The van der Waals surface area contributed by atoms with Crippen LogP contribution >= 0.6 is 27.5 Å². The molecule has 0 unspecified atom stereocenters. The SMILES string of the molecule is Cc1ccc(C)c(NC(=O)C(=O)Nn2c(C(=O)Nc3ccc(Br)cc3)cc3cc(Cl)ccc32)c1. The number of nitrogens with zero attached hydrogens (tertiary/aromatic N) is 1. The maximum Gasteiger partial charge on any atom is 0.328 e. The average molecular weight is 540 g/mol. The summed E-state index contributed by atoms with van der Waals surface area (Å²) in [4.78, 5) is 38.5. The van der Waals surface area contributed by atoms with E-state index in [0.717, 1.165) is 15.6 Å². The summed E-state index contributed by atoms with van der Waals surface area (Å²) < 4.78 is 2.15. The quantitative estimate of drug-likeness (QED) is 0.293. The Morgan fingerprint density at radius 3 is 2.32 bits per heavy atom. The monoisotopic (exact) mass is 538 g/mol. The maximum absolute atomic E-state index is 13.1. The molecule has 1 aromatic heterocycles. The fourth-order valence-electron chi connectivity index (χ4n) is 3.40. The molecule has 3 aromatic carbocycles. The average Bonchev–Trinajstić information content (AvgIpc) is 3.15. The maximum atomic E-state index is 13.1. The number of benzene rings is 3. The summed E-state index contributed by atoms with van der Waals surface area (Å²) in [6.45, 7) is 3.73. The van der Waals surface area contributed by atoms with Crippen molar-refractivity contribution in [3.05, 3.63) is 93.0 Å². The highest BCUT2D eigenvalue weighted by Crippen LogP contribution is 2.24. The Hall–Kier alpha value is -3.62. The second-order valence-electron chi connectivity index (χ2n) is 7.74. The molecule has 9 heteroatoms. The highest BCUT2D eigenvalue weighted by atomic mass is 79.9. The van der Waals surface area contributed by atoms with Crippen LogP contribution in [0.25, 0.3) is 10.9 Å². The number of rotatable bonds is 4. The molecule has 0 aliphatic heterocycles. The Labute approximate surface area is 209 Å². The van der Waals surface area contributed by atoms with Crippen molar-refractivity contribution in [2.45, 2.75) is 13.8 Å². The summed E-state index contributed by atoms with van der Waals surface area (Å²) in [6, 6.07) is 19.2. The van der Waals surface area contributed by atoms with E-state index in [-0.39, 0.29) is 5.69 Å². The number of aryl methyl sites for hydroxylation is 2. The molecule has 0 aliphatic rings. The van der Waals surface area contributed by atoms with Crippen LogP contribution in [0.15, 0.2) is 71.2 Å². The molecule has 0 fully saturated rings. The first-order valence-corrected chi connectivity index (χ1v) is 11.5. The Morgan fingerprint density at radius 1 is 0.853 bits per heavy atom. The van der Waals surface area contributed by atoms with Crippen molar-refractivity contribution in [3.8, 4) is 0 Å². The number of hydrogen-bond donors (Lipinski definition) is 3. The summed E-state index contributed by atoms with van der Waals surface area (Å²) in [5.74, 6) is -2.25. The lowest BCUT2D eigenvalue weighted by atomic mass is 10.1. The van der Waals surface area contributed by atoms with Crippen LogP contribution in [0.4, 0.5) is 11.4 Å². The number of nitrogens with one attached hydrogen (secondary N) is 3. The van der Waals surface area contributed by atoms with E-state index >= 15 is 0 Å². The summed E-state index contributed by atoms with van der Waals surface area (Å²) in [7, 11) is 0. The largest absolute Gasteiger partial charge is 0.328 e. The fourth-order valence-corrected chi connectivity index (χ4v) is 3.85. The number of carbonyl (C=O) groups is 3. The molecule has 0 spiro atoms.